The summed E-state index contributed by atoms with van der Waals surface area (Å²) in [5.74, 6) is 0.798. The lowest BCUT2D eigenvalue weighted by Gasteiger charge is -2.49. The zero-order chi connectivity index (χ0) is 6.97. The van der Waals surface area contributed by atoms with Gasteiger partial charge in [-0.25, -0.2) is 0 Å². The highest BCUT2D eigenvalue weighted by molar-refractivity contribution is 5.50. The zero-order valence-corrected chi connectivity index (χ0v) is 5.92. The van der Waals surface area contributed by atoms with Gasteiger partial charge in [0.25, 0.3) is 0 Å². The first-order valence-corrected chi connectivity index (χ1v) is 3.83. The van der Waals surface area contributed by atoms with Crippen LogP contribution in [0.4, 0.5) is 0 Å². The molecule has 0 spiro atoms. The van der Waals surface area contributed by atoms with Crippen LogP contribution in [0, 0.1) is 5.92 Å². The molecule has 1 N–H and O–H groups in total. The predicted octanol–water partition coefficient (Wildman–Crippen LogP) is -0.563. The fourth-order valence-corrected chi connectivity index (χ4v) is 1.89. The average Bonchev–Trinajstić information content (AvgIpc) is 1.92. The van der Waals surface area contributed by atoms with Crippen LogP contribution >= 0.6 is 0 Å². The molecule has 10 heavy (non-hydrogen) atoms. The summed E-state index contributed by atoms with van der Waals surface area (Å²) in [4.78, 5) is 12.2. The van der Waals surface area contributed by atoms with E-state index in [9.17, 15) is 4.79 Å². The van der Waals surface area contributed by atoms with Crippen LogP contribution in [0.2, 0.25) is 0 Å². The third kappa shape index (κ3) is 0.736. The van der Waals surface area contributed by atoms with Crippen molar-refractivity contribution in [1.29, 1.82) is 0 Å². The molecule has 0 saturated carbocycles. The Morgan fingerprint density at radius 1 is 1.60 bits per heavy atom. The van der Waals surface area contributed by atoms with E-state index in [-0.39, 0.29) is 0 Å². The average molecular weight is 140 g/mol. The molecule has 0 aromatic rings. The van der Waals surface area contributed by atoms with Gasteiger partial charge in [0.2, 0.25) is 6.41 Å². The second kappa shape index (κ2) is 2.23. The van der Waals surface area contributed by atoms with Crippen molar-refractivity contribution in [3.05, 3.63) is 0 Å². The molecule has 2 aliphatic rings. The van der Waals surface area contributed by atoms with Crippen molar-refractivity contribution < 1.29 is 4.79 Å². The fraction of sp³-hybridized carbons (Fsp3) is 0.857. The summed E-state index contributed by atoms with van der Waals surface area (Å²) in [6.45, 7) is 3.13. The maximum atomic E-state index is 10.3. The highest BCUT2D eigenvalue weighted by Gasteiger charge is 2.38. The van der Waals surface area contributed by atoms with Crippen molar-refractivity contribution >= 4 is 6.41 Å². The molecule has 2 saturated heterocycles. The monoisotopic (exact) mass is 140 g/mol. The smallest absolute Gasteiger partial charge is 0.210 e. The third-order valence-corrected chi connectivity index (χ3v) is 2.60. The van der Waals surface area contributed by atoms with Gasteiger partial charge in [0, 0.05) is 19.1 Å². The number of hydrogen-bond acceptors (Lipinski definition) is 2. The van der Waals surface area contributed by atoms with E-state index in [4.69, 9.17) is 0 Å². The van der Waals surface area contributed by atoms with Gasteiger partial charge in [-0.1, -0.05) is 0 Å². The molecule has 0 aromatic carbocycles. The number of hydrogen-bond donors (Lipinski definition) is 1. The van der Waals surface area contributed by atoms with Gasteiger partial charge < -0.3 is 10.2 Å². The SMILES string of the molecule is O=CN1CC2CCNCC21. The minimum absolute atomic E-state index is 0.520. The molecule has 56 valence electrons. The number of amides is 1. The fourth-order valence-electron chi connectivity index (χ4n) is 1.89. The highest BCUT2D eigenvalue weighted by Crippen LogP contribution is 2.27. The lowest BCUT2D eigenvalue weighted by molar-refractivity contribution is -0.130. The Kier molecular flexibility index (Phi) is 1.38. The van der Waals surface area contributed by atoms with E-state index in [0.29, 0.717) is 6.04 Å². The number of rotatable bonds is 1. The quantitative estimate of drug-likeness (QED) is 0.495. The summed E-state index contributed by atoms with van der Waals surface area (Å²) in [5.41, 5.74) is 0. The maximum absolute atomic E-state index is 10.3. The number of fused-ring (bicyclic) bond motifs is 1. The molecule has 3 nitrogen and oxygen atoms in total. The number of carbonyl (C=O) groups excluding carboxylic acids is 1. The van der Waals surface area contributed by atoms with Crippen LogP contribution in [-0.4, -0.2) is 37.0 Å². The maximum Gasteiger partial charge on any atom is 0.210 e. The first-order chi connectivity index (χ1) is 4.92. The van der Waals surface area contributed by atoms with E-state index in [1.54, 1.807) is 0 Å². The molecule has 2 rings (SSSR count). The van der Waals surface area contributed by atoms with Gasteiger partial charge in [-0.05, 0) is 18.9 Å². The van der Waals surface area contributed by atoms with Gasteiger partial charge in [-0.2, -0.15) is 0 Å². The first-order valence-electron chi connectivity index (χ1n) is 3.83. The molecular formula is C7H12N2O. The molecule has 2 unspecified atom stereocenters. The van der Waals surface area contributed by atoms with Crippen LogP contribution in [0.3, 0.4) is 0 Å². The summed E-state index contributed by atoms with van der Waals surface area (Å²) >= 11 is 0. The number of nitrogens with zero attached hydrogens (tertiary/aromatic N) is 1. The van der Waals surface area contributed by atoms with E-state index in [2.05, 4.69) is 5.32 Å². The van der Waals surface area contributed by atoms with Gasteiger partial charge >= 0.3 is 0 Å². The summed E-state index contributed by atoms with van der Waals surface area (Å²) in [5, 5.41) is 3.28. The van der Waals surface area contributed by atoms with Gasteiger partial charge in [0.1, 0.15) is 0 Å². The normalized spacial score (nSPS) is 38.2. The van der Waals surface area contributed by atoms with E-state index < -0.39 is 0 Å². The summed E-state index contributed by atoms with van der Waals surface area (Å²) < 4.78 is 0. The van der Waals surface area contributed by atoms with E-state index in [1.807, 2.05) is 4.90 Å². The molecule has 2 aliphatic heterocycles. The van der Waals surface area contributed by atoms with Crippen LogP contribution in [0.15, 0.2) is 0 Å². The molecule has 1 amide bonds. The Labute approximate surface area is 60.4 Å². The second-order valence-corrected chi connectivity index (χ2v) is 3.12. The summed E-state index contributed by atoms with van der Waals surface area (Å²) in [7, 11) is 0. The van der Waals surface area contributed by atoms with Gasteiger partial charge in [0.05, 0.1) is 0 Å². The Balaban J connectivity index is 1.94. The first kappa shape index (κ1) is 6.16. The second-order valence-electron chi connectivity index (χ2n) is 3.12. The van der Waals surface area contributed by atoms with Crippen molar-refractivity contribution in [1.82, 2.24) is 10.2 Å². The number of piperidine rings is 1. The van der Waals surface area contributed by atoms with E-state index in [1.165, 1.54) is 6.42 Å². The highest BCUT2D eigenvalue weighted by atomic mass is 16.1. The van der Waals surface area contributed by atoms with E-state index in [0.717, 1.165) is 32.0 Å². The van der Waals surface area contributed by atoms with Crippen molar-refractivity contribution in [3.8, 4) is 0 Å². The van der Waals surface area contributed by atoms with Gasteiger partial charge in [-0.15, -0.1) is 0 Å². The molecular weight excluding hydrogens is 128 g/mol. The molecule has 2 fully saturated rings. The van der Waals surface area contributed by atoms with Crippen LogP contribution < -0.4 is 5.32 Å². The lowest BCUT2D eigenvalue weighted by atomic mass is 9.84. The minimum atomic E-state index is 0.520. The molecule has 3 heteroatoms. The Morgan fingerprint density at radius 3 is 3.20 bits per heavy atom. The Hall–Kier alpha value is -0.570. The predicted molar refractivity (Wildman–Crippen MR) is 37.5 cm³/mol. The van der Waals surface area contributed by atoms with Crippen LogP contribution in [-0.2, 0) is 4.79 Å². The lowest BCUT2D eigenvalue weighted by Crippen LogP contribution is -2.62. The third-order valence-electron chi connectivity index (χ3n) is 2.60. The number of nitrogens with one attached hydrogen (secondary N) is 1. The summed E-state index contributed by atoms with van der Waals surface area (Å²) in [6.07, 6.45) is 2.21. The number of carbonyl (C=O) groups is 1. The Morgan fingerprint density at radius 2 is 2.50 bits per heavy atom. The molecule has 2 atom stereocenters. The molecule has 2 heterocycles. The largest absolute Gasteiger partial charge is 0.340 e. The van der Waals surface area contributed by atoms with Gasteiger partial charge in [0.15, 0.2) is 0 Å². The standard InChI is InChI=1S/C7H12N2O/c10-5-9-4-6-1-2-8-3-7(6)9/h5-8H,1-4H2. The van der Waals surface area contributed by atoms with Crippen LogP contribution in [0.25, 0.3) is 0 Å². The van der Waals surface area contributed by atoms with E-state index >= 15 is 0 Å². The Bertz CT molecular complexity index is 149. The molecule has 0 bridgehead atoms. The minimum Gasteiger partial charge on any atom is -0.340 e. The molecule has 0 aromatic heterocycles. The zero-order valence-electron chi connectivity index (χ0n) is 5.92. The van der Waals surface area contributed by atoms with Crippen molar-refractivity contribution in [2.45, 2.75) is 12.5 Å². The number of likely N-dealkylation sites (tertiary alicyclic amines) is 1. The van der Waals surface area contributed by atoms with Gasteiger partial charge in [-0.3, -0.25) is 4.79 Å². The van der Waals surface area contributed by atoms with Crippen molar-refractivity contribution in [3.63, 3.8) is 0 Å². The van der Waals surface area contributed by atoms with Crippen LogP contribution in [0.1, 0.15) is 6.42 Å². The topological polar surface area (TPSA) is 32.3 Å². The van der Waals surface area contributed by atoms with Crippen molar-refractivity contribution in [2.75, 3.05) is 19.6 Å². The summed E-state index contributed by atoms with van der Waals surface area (Å²) in [6, 6.07) is 0.520. The van der Waals surface area contributed by atoms with Crippen molar-refractivity contribution in [2.24, 2.45) is 5.92 Å². The molecule has 0 radical (unpaired) electrons. The molecule has 0 aliphatic carbocycles. The van der Waals surface area contributed by atoms with Crippen LogP contribution in [0.5, 0.6) is 0 Å².